The molecular weight excluding hydrogens is 521 g/mol. The van der Waals surface area contributed by atoms with E-state index in [1.54, 1.807) is 0 Å². The van der Waals surface area contributed by atoms with E-state index in [1.807, 2.05) is 6.92 Å². The number of carbonyl (C=O) groups is 2. The minimum absolute atomic E-state index is 0.0789. The monoisotopic (exact) mass is 577 g/mol. The van der Waals surface area contributed by atoms with Crippen molar-refractivity contribution in [3.05, 3.63) is 12.2 Å². The molecule has 2 atom stereocenters. The maximum Gasteiger partial charge on any atom is 0.472 e. The molecule has 0 heterocycles. The Kier molecular flexibility index (Phi) is 26.1. The summed E-state index contributed by atoms with van der Waals surface area (Å²) in [6.07, 6.45) is 22.6. The van der Waals surface area contributed by atoms with Crippen molar-refractivity contribution in [2.45, 2.75) is 136 Å². The number of aliphatic hydroxyl groups is 1. The zero-order valence-electron chi connectivity index (χ0n) is 24.6. The third-order valence-electron chi connectivity index (χ3n) is 6.20. The van der Waals surface area contributed by atoms with E-state index in [0.717, 1.165) is 32.1 Å². The Labute approximate surface area is 237 Å². The van der Waals surface area contributed by atoms with Gasteiger partial charge in [-0.25, -0.2) is 4.57 Å². The summed E-state index contributed by atoms with van der Waals surface area (Å²) in [5.41, 5.74) is 0. The van der Waals surface area contributed by atoms with Crippen molar-refractivity contribution in [2.75, 3.05) is 26.4 Å². The van der Waals surface area contributed by atoms with E-state index in [4.69, 9.17) is 13.8 Å². The number of amides is 1. The van der Waals surface area contributed by atoms with Gasteiger partial charge in [0, 0.05) is 19.4 Å². The molecule has 3 N–H and O–H groups in total. The highest BCUT2D eigenvalue weighted by atomic mass is 31.2. The van der Waals surface area contributed by atoms with Gasteiger partial charge in [0.05, 0.1) is 13.2 Å². The fourth-order valence-electron chi connectivity index (χ4n) is 3.82. The summed E-state index contributed by atoms with van der Waals surface area (Å²) in [6, 6.07) is 0. The molecule has 0 radical (unpaired) electrons. The van der Waals surface area contributed by atoms with Crippen LogP contribution >= 0.6 is 7.82 Å². The highest BCUT2D eigenvalue weighted by Crippen LogP contribution is 2.42. The molecule has 0 spiro atoms. The lowest BCUT2D eigenvalue weighted by Crippen LogP contribution is -2.27. The van der Waals surface area contributed by atoms with Gasteiger partial charge in [-0.1, -0.05) is 90.2 Å². The molecule has 0 aromatic rings. The van der Waals surface area contributed by atoms with Crippen LogP contribution in [0.3, 0.4) is 0 Å². The summed E-state index contributed by atoms with van der Waals surface area (Å²) in [4.78, 5) is 33.0. The molecule has 0 aromatic heterocycles. The smallest absolute Gasteiger partial charge is 0.463 e. The molecule has 9 nitrogen and oxygen atoms in total. The largest absolute Gasteiger partial charge is 0.472 e. The summed E-state index contributed by atoms with van der Waals surface area (Å²) in [7, 11) is -4.38. The van der Waals surface area contributed by atoms with Crippen LogP contribution in [-0.2, 0) is 27.9 Å². The van der Waals surface area contributed by atoms with Crippen LogP contribution in [0.25, 0.3) is 0 Å². The summed E-state index contributed by atoms with van der Waals surface area (Å²) >= 11 is 0. The van der Waals surface area contributed by atoms with E-state index in [-0.39, 0.29) is 32.1 Å². The molecule has 2 unspecified atom stereocenters. The van der Waals surface area contributed by atoms with Gasteiger partial charge in [-0.05, 0) is 38.5 Å². The van der Waals surface area contributed by atoms with Crippen LogP contribution in [0.4, 0.5) is 0 Å². The van der Waals surface area contributed by atoms with E-state index in [0.29, 0.717) is 12.8 Å². The number of hydrogen-bond donors (Lipinski definition) is 3. The lowest BCUT2D eigenvalue weighted by Gasteiger charge is -2.15. The van der Waals surface area contributed by atoms with Crippen molar-refractivity contribution in [1.29, 1.82) is 0 Å². The Balaban J connectivity index is 3.58. The van der Waals surface area contributed by atoms with Gasteiger partial charge in [-0.3, -0.25) is 18.6 Å². The maximum absolute atomic E-state index is 11.9. The number of rotatable bonds is 28. The number of phosphoric ester groups is 1. The normalized spacial score (nSPS) is 13.8. The fourth-order valence-corrected chi connectivity index (χ4v) is 4.58. The average Bonchev–Trinajstić information content (AvgIpc) is 2.91. The van der Waals surface area contributed by atoms with E-state index in [1.165, 1.54) is 64.2 Å². The van der Waals surface area contributed by atoms with Gasteiger partial charge in [-0.2, -0.15) is 0 Å². The van der Waals surface area contributed by atoms with Crippen molar-refractivity contribution >= 4 is 19.7 Å². The fraction of sp³-hybridized carbons (Fsp3) is 0.862. The molecule has 0 rings (SSSR count). The Hall–Kier alpha value is -1.25. The highest BCUT2D eigenvalue weighted by Gasteiger charge is 2.23. The molecule has 0 bridgehead atoms. The molecule has 0 fully saturated rings. The number of aliphatic hydroxyl groups excluding tert-OH is 1. The average molecular weight is 578 g/mol. The molecule has 0 aliphatic heterocycles. The molecule has 1 amide bonds. The standard InChI is InChI=1S/C29H56NO8P/c1-3-5-7-8-9-10-11-12-13-14-15-16-17-18-19-20-21-28(32)30-23-24-37-39(34,35)38-26-27(31)25-36-29(33)22-6-4-2/h13-14,27,31H,3-12,15-26H2,1-2H3,(H,30,32)(H,34,35)/b14-13-. The second-order valence-corrected chi connectivity index (χ2v) is 11.5. The Morgan fingerprint density at radius 2 is 1.33 bits per heavy atom. The number of ether oxygens (including phenoxy) is 1. The lowest BCUT2D eigenvalue weighted by atomic mass is 10.1. The van der Waals surface area contributed by atoms with Gasteiger partial charge in [0.25, 0.3) is 0 Å². The van der Waals surface area contributed by atoms with Crippen molar-refractivity contribution in [3.8, 4) is 0 Å². The Bertz CT molecular complexity index is 674. The molecule has 230 valence electrons. The number of carbonyl (C=O) groups excluding carboxylic acids is 2. The summed E-state index contributed by atoms with van der Waals surface area (Å²) < 4.78 is 26.2. The molecule has 39 heavy (non-hydrogen) atoms. The minimum atomic E-state index is -4.38. The maximum atomic E-state index is 11.9. The molecule has 0 aromatic carbocycles. The zero-order valence-corrected chi connectivity index (χ0v) is 25.5. The van der Waals surface area contributed by atoms with Gasteiger partial charge < -0.3 is 20.1 Å². The van der Waals surface area contributed by atoms with Gasteiger partial charge in [0.1, 0.15) is 12.7 Å². The second kappa shape index (κ2) is 26.9. The molecule has 0 saturated carbocycles. The molecule has 0 saturated heterocycles. The first-order chi connectivity index (χ1) is 18.8. The third kappa shape index (κ3) is 28.1. The van der Waals surface area contributed by atoms with Gasteiger partial charge in [0.15, 0.2) is 0 Å². The van der Waals surface area contributed by atoms with Gasteiger partial charge in [0.2, 0.25) is 5.91 Å². The first-order valence-electron chi connectivity index (χ1n) is 15.2. The van der Waals surface area contributed by atoms with Crippen LogP contribution in [0.5, 0.6) is 0 Å². The van der Waals surface area contributed by atoms with E-state index in [9.17, 15) is 24.2 Å². The van der Waals surface area contributed by atoms with E-state index >= 15 is 0 Å². The summed E-state index contributed by atoms with van der Waals surface area (Å²) in [6.45, 7) is 3.23. The van der Waals surface area contributed by atoms with Crippen LogP contribution in [0, 0.1) is 0 Å². The molecule has 10 heteroatoms. The third-order valence-corrected chi connectivity index (χ3v) is 7.18. The second-order valence-electron chi connectivity index (χ2n) is 10.1. The van der Waals surface area contributed by atoms with E-state index < -0.39 is 26.5 Å². The SMILES string of the molecule is CCCCCCCCC/C=C\CCCCCCCC(=O)NCCOP(=O)(O)OCC(O)COC(=O)CCCC. The number of hydrogen-bond acceptors (Lipinski definition) is 7. The molecule has 0 aliphatic carbocycles. The zero-order chi connectivity index (χ0) is 29.0. The quantitative estimate of drug-likeness (QED) is 0.0402. The molecular formula is C29H56NO8P. The topological polar surface area (TPSA) is 131 Å². The van der Waals surface area contributed by atoms with Gasteiger partial charge >= 0.3 is 13.8 Å². The summed E-state index contributed by atoms with van der Waals surface area (Å²) in [5.74, 6) is -0.562. The number of unbranched alkanes of at least 4 members (excludes halogenated alkanes) is 13. The van der Waals surface area contributed by atoms with Crippen molar-refractivity contribution in [3.63, 3.8) is 0 Å². The Morgan fingerprint density at radius 1 is 0.769 bits per heavy atom. The van der Waals surface area contributed by atoms with Crippen LogP contribution in [0.15, 0.2) is 12.2 Å². The first kappa shape index (κ1) is 37.8. The van der Waals surface area contributed by atoms with Crippen LogP contribution in [-0.4, -0.2) is 54.3 Å². The summed E-state index contributed by atoms with van der Waals surface area (Å²) in [5, 5.41) is 12.4. The molecule has 0 aliphatic rings. The Morgan fingerprint density at radius 3 is 1.95 bits per heavy atom. The highest BCUT2D eigenvalue weighted by molar-refractivity contribution is 7.47. The number of esters is 1. The van der Waals surface area contributed by atoms with Crippen LogP contribution in [0.2, 0.25) is 0 Å². The van der Waals surface area contributed by atoms with Crippen molar-refractivity contribution in [1.82, 2.24) is 5.32 Å². The predicted molar refractivity (Wildman–Crippen MR) is 155 cm³/mol. The number of allylic oxidation sites excluding steroid dienone is 2. The lowest BCUT2D eigenvalue weighted by molar-refractivity contribution is -0.147. The first-order valence-corrected chi connectivity index (χ1v) is 16.7. The van der Waals surface area contributed by atoms with Crippen molar-refractivity contribution < 1.29 is 37.9 Å². The van der Waals surface area contributed by atoms with Gasteiger partial charge in [-0.15, -0.1) is 0 Å². The number of nitrogens with one attached hydrogen (secondary N) is 1. The number of phosphoric acid groups is 1. The predicted octanol–water partition coefficient (Wildman–Crippen LogP) is 6.76. The van der Waals surface area contributed by atoms with Crippen LogP contribution < -0.4 is 5.32 Å². The minimum Gasteiger partial charge on any atom is -0.463 e. The van der Waals surface area contributed by atoms with Crippen molar-refractivity contribution in [2.24, 2.45) is 0 Å². The van der Waals surface area contributed by atoms with Crippen LogP contribution in [0.1, 0.15) is 129 Å². The van der Waals surface area contributed by atoms with E-state index in [2.05, 4.69) is 24.4 Å².